The minimum absolute atomic E-state index is 0.211. The van der Waals surface area contributed by atoms with Crippen LogP contribution in [-0.2, 0) is 0 Å². The normalized spacial score (nSPS) is 12.1. The summed E-state index contributed by atoms with van der Waals surface area (Å²) in [5.41, 5.74) is 3.38. The Balaban J connectivity index is 1.88. The van der Waals surface area contributed by atoms with Crippen molar-refractivity contribution in [3.8, 4) is 5.69 Å². The highest BCUT2D eigenvalue weighted by Gasteiger charge is 2.08. The molecular weight excluding hydrogens is 248 g/mol. The zero-order valence-electron chi connectivity index (χ0n) is 11.3. The molecule has 0 aliphatic carbocycles. The Labute approximate surface area is 118 Å². The maximum Gasteiger partial charge on any atom is 0.0992 e. The third kappa shape index (κ3) is 2.54. The zero-order chi connectivity index (χ0) is 13.8. The number of imidazole rings is 1. The molecule has 1 aromatic carbocycles. The Morgan fingerprint density at radius 2 is 1.80 bits per heavy atom. The van der Waals surface area contributed by atoms with Crippen LogP contribution in [0.5, 0.6) is 0 Å². The Bertz CT molecular complexity index is 662. The number of hydrogen-bond donors (Lipinski definition) is 1. The third-order valence-corrected chi connectivity index (χ3v) is 3.26. The van der Waals surface area contributed by atoms with Crippen LogP contribution in [-0.4, -0.2) is 14.5 Å². The summed E-state index contributed by atoms with van der Waals surface area (Å²) in [7, 11) is 0. The second kappa shape index (κ2) is 5.57. The molecule has 0 saturated carbocycles. The van der Waals surface area contributed by atoms with Gasteiger partial charge in [0.25, 0.3) is 0 Å². The van der Waals surface area contributed by atoms with Crippen LogP contribution in [0.2, 0.25) is 0 Å². The Morgan fingerprint density at radius 3 is 2.55 bits per heavy atom. The molecule has 4 nitrogen and oxygen atoms in total. The van der Waals surface area contributed by atoms with Gasteiger partial charge in [0.05, 0.1) is 17.7 Å². The highest BCUT2D eigenvalue weighted by molar-refractivity contribution is 5.61. The number of benzene rings is 1. The fourth-order valence-electron chi connectivity index (χ4n) is 2.19. The van der Waals surface area contributed by atoms with Crippen molar-refractivity contribution in [2.45, 2.75) is 13.0 Å². The standard InChI is InChI=1S/C16H16N4/c1-13(14-6-8-17-9-7-14)19-15-4-2-3-5-16(15)20-11-10-18-12-20/h2-13,19H,1H3. The summed E-state index contributed by atoms with van der Waals surface area (Å²) in [6, 6.07) is 12.5. The molecule has 0 aliphatic rings. The molecule has 1 atom stereocenters. The lowest BCUT2D eigenvalue weighted by atomic mass is 10.1. The number of anilines is 1. The van der Waals surface area contributed by atoms with E-state index in [-0.39, 0.29) is 6.04 Å². The van der Waals surface area contributed by atoms with Crippen molar-refractivity contribution in [3.05, 3.63) is 73.1 Å². The number of nitrogens with zero attached hydrogens (tertiary/aromatic N) is 3. The van der Waals surface area contributed by atoms with Gasteiger partial charge >= 0.3 is 0 Å². The quantitative estimate of drug-likeness (QED) is 0.785. The molecule has 3 rings (SSSR count). The van der Waals surface area contributed by atoms with Crippen LogP contribution in [0.1, 0.15) is 18.5 Å². The second-order valence-electron chi connectivity index (χ2n) is 4.63. The van der Waals surface area contributed by atoms with E-state index in [2.05, 4.69) is 34.3 Å². The summed E-state index contributed by atoms with van der Waals surface area (Å²) in [5, 5.41) is 3.54. The minimum atomic E-state index is 0.211. The lowest BCUT2D eigenvalue weighted by Crippen LogP contribution is -2.09. The average Bonchev–Trinajstić information content (AvgIpc) is 3.03. The number of para-hydroxylation sites is 2. The van der Waals surface area contributed by atoms with E-state index in [1.54, 1.807) is 12.5 Å². The van der Waals surface area contributed by atoms with E-state index < -0.39 is 0 Å². The molecule has 1 unspecified atom stereocenters. The van der Waals surface area contributed by atoms with Crippen LogP contribution < -0.4 is 5.32 Å². The molecule has 0 aliphatic heterocycles. The molecule has 0 bridgehead atoms. The summed E-state index contributed by atoms with van der Waals surface area (Å²) in [5.74, 6) is 0. The van der Waals surface area contributed by atoms with Gasteiger partial charge in [-0.05, 0) is 36.8 Å². The van der Waals surface area contributed by atoms with E-state index in [9.17, 15) is 0 Å². The van der Waals surface area contributed by atoms with Gasteiger partial charge in [-0.25, -0.2) is 4.98 Å². The fraction of sp³-hybridized carbons (Fsp3) is 0.125. The van der Waals surface area contributed by atoms with Crippen LogP contribution in [0.3, 0.4) is 0 Å². The maximum absolute atomic E-state index is 4.10. The van der Waals surface area contributed by atoms with Gasteiger partial charge in [0.1, 0.15) is 0 Å². The first-order valence-electron chi connectivity index (χ1n) is 6.58. The van der Waals surface area contributed by atoms with Crippen LogP contribution in [0, 0.1) is 0 Å². The van der Waals surface area contributed by atoms with Gasteiger partial charge in [-0.3, -0.25) is 4.98 Å². The van der Waals surface area contributed by atoms with Crippen LogP contribution in [0.15, 0.2) is 67.5 Å². The Hall–Kier alpha value is -2.62. The average molecular weight is 264 g/mol. The number of pyridine rings is 1. The number of hydrogen-bond acceptors (Lipinski definition) is 3. The molecule has 100 valence electrons. The van der Waals surface area contributed by atoms with Crippen LogP contribution in [0.4, 0.5) is 5.69 Å². The van der Waals surface area contributed by atoms with Crippen LogP contribution in [0.25, 0.3) is 5.69 Å². The minimum Gasteiger partial charge on any atom is -0.377 e. The molecule has 0 radical (unpaired) electrons. The molecule has 20 heavy (non-hydrogen) atoms. The smallest absolute Gasteiger partial charge is 0.0992 e. The fourth-order valence-corrected chi connectivity index (χ4v) is 2.19. The Morgan fingerprint density at radius 1 is 1.00 bits per heavy atom. The van der Waals surface area contributed by atoms with E-state index in [0.717, 1.165) is 11.4 Å². The van der Waals surface area contributed by atoms with E-state index in [1.165, 1.54) is 5.56 Å². The Kier molecular flexibility index (Phi) is 3.46. The van der Waals surface area contributed by atoms with Gasteiger partial charge < -0.3 is 9.88 Å². The second-order valence-corrected chi connectivity index (χ2v) is 4.63. The van der Waals surface area contributed by atoms with Crippen LogP contribution >= 0.6 is 0 Å². The van der Waals surface area contributed by atoms with Crippen molar-refractivity contribution < 1.29 is 0 Å². The first-order valence-corrected chi connectivity index (χ1v) is 6.58. The molecule has 1 N–H and O–H groups in total. The topological polar surface area (TPSA) is 42.7 Å². The van der Waals surface area contributed by atoms with Crippen molar-refractivity contribution in [2.75, 3.05) is 5.32 Å². The van der Waals surface area contributed by atoms with Crippen molar-refractivity contribution in [3.63, 3.8) is 0 Å². The van der Waals surface area contributed by atoms with Gasteiger partial charge in [-0.2, -0.15) is 0 Å². The summed E-state index contributed by atoms with van der Waals surface area (Å²) >= 11 is 0. The number of nitrogens with one attached hydrogen (secondary N) is 1. The predicted molar refractivity (Wildman–Crippen MR) is 79.8 cm³/mol. The van der Waals surface area contributed by atoms with Crippen molar-refractivity contribution in [1.29, 1.82) is 0 Å². The van der Waals surface area contributed by atoms with E-state index in [1.807, 2.05) is 47.4 Å². The van der Waals surface area contributed by atoms with Crippen molar-refractivity contribution >= 4 is 5.69 Å². The predicted octanol–water partition coefficient (Wildman–Crippen LogP) is 3.44. The molecule has 0 saturated heterocycles. The SMILES string of the molecule is CC(Nc1ccccc1-n1ccnc1)c1ccncc1. The van der Waals surface area contributed by atoms with Gasteiger partial charge in [0, 0.05) is 30.8 Å². The van der Waals surface area contributed by atoms with E-state index >= 15 is 0 Å². The van der Waals surface area contributed by atoms with Gasteiger partial charge in [-0.1, -0.05) is 12.1 Å². The molecule has 4 heteroatoms. The van der Waals surface area contributed by atoms with Gasteiger partial charge in [0.15, 0.2) is 0 Å². The summed E-state index contributed by atoms with van der Waals surface area (Å²) in [4.78, 5) is 8.16. The summed E-state index contributed by atoms with van der Waals surface area (Å²) < 4.78 is 2.00. The zero-order valence-corrected chi connectivity index (χ0v) is 11.3. The van der Waals surface area contributed by atoms with E-state index in [4.69, 9.17) is 0 Å². The number of aromatic nitrogens is 3. The maximum atomic E-state index is 4.10. The summed E-state index contributed by atoms with van der Waals surface area (Å²) in [6.45, 7) is 2.14. The van der Waals surface area contributed by atoms with Gasteiger partial charge in [0.2, 0.25) is 0 Å². The number of rotatable bonds is 4. The van der Waals surface area contributed by atoms with Crippen molar-refractivity contribution in [2.24, 2.45) is 0 Å². The van der Waals surface area contributed by atoms with Crippen molar-refractivity contribution in [1.82, 2.24) is 14.5 Å². The third-order valence-electron chi connectivity index (χ3n) is 3.26. The monoisotopic (exact) mass is 264 g/mol. The molecule has 0 spiro atoms. The summed E-state index contributed by atoms with van der Waals surface area (Å²) in [6.07, 6.45) is 9.16. The largest absolute Gasteiger partial charge is 0.377 e. The molecule has 0 amide bonds. The lowest BCUT2D eigenvalue weighted by molar-refractivity contribution is 0.875. The molecule has 0 fully saturated rings. The highest BCUT2D eigenvalue weighted by atomic mass is 15.1. The highest BCUT2D eigenvalue weighted by Crippen LogP contribution is 2.24. The molecular formula is C16H16N4. The molecule has 2 aromatic heterocycles. The molecule has 3 aromatic rings. The first kappa shape index (κ1) is 12.4. The molecule has 2 heterocycles. The van der Waals surface area contributed by atoms with Gasteiger partial charge in [-0.15, -0.1) is 0 Å². The first-order chi connectivity index (χ1) is 9.84. The lowest BCUT2D eigenvalue weighted by Gasteiger charge is -2.18. The van der Waals surface area contributed by atoms with E-state index in [0.29, 0.717) is 0 Å².